The van der Waals surface area contributed by atoms with Crippen LogP contribution in [0.15, 0.2) is 12.2 Å². The number of carbonyl (C=O) groups excluding carboxylic acids is 2. The molecule has 3 aliphatic rings. The lowest BCUT2D eigenvalue weighted by Gasteiger charge is -2.25. The molecule has 6 unspecified atom stereocenters. The Morgan fingerprint density at radius 1 is 1.20 bits per heavy atom. The smallest absolute Gasteiger partial charge is 0.331 e. The molecule has 0 heterocycles. The van der Waals surface area contributed by atoms with Gasteiger partial charge in [-0.3, -0.25) is 4.79 Å². The molecule has 4 N–H and O–H groups in total. The Morgan fingerprint density at radius 3 is 2.49 bits per heavy atom. The third-order valence-electron chi connectivity index (χ3n) is 8.44. The summed E-state index contributed by atoms with van der Waals surface area (Å²) in [6.45, 7) is 9.22. The molecule has 0 saturated heterocycles. The molecule has 6 nitrogen and oxygen atoms in total. The van der Waals surface area contributed by atoms with E-state index < -0.39 is 16.9 Å². The van der Waals surface area contributed by atoms with Gasteiger partial charge in [0.2, 0.25) is 5.91 Å². The van der Waals surface area contributed by atoms with E-state index in [9.17, 15) is 14.7 Å². The maximum absolute atomic E-state index is 13.8. The lowest BCUT2D eigenvalue weighted by molar-refractivity contribution is -0.147. The highest BCUT2D eigenvalue weighted by molar-refractivity contribution is 5.93. The van der Waals surface area contributed by atoms with Crippen molar-refractivity contribution in [1.29, 1.82) is 0 Å². The van der Waals surface area contributed by atoms with E-state index in [-0.39, 0.29) is 36.2 Å². The number of rotatable bonds is 13. The third kappa shape index (κ3) is 6.49. The van der Waals surface area contributed by atoms with Crippen LogP contribution < -0.4 is 11.1 Å². The van der Waals surface area contributed by atoms with E-state index in [4.69, 9.17) is 10.5 Å². The van der Waals surface area contributed by atoms with E-state index in [0.29, 0.717) is 25.3 Å². The predicted molar refractivity (Wildman–Crippen MR) is 138 cm³/mol. The lowest BCUT2D eigenvalue weighted by Crippen LogP contribution is -2.49. The van der Waals surface area contributed by atoms with Crippen LogP contribution in [0.1, 0.15) is 72.6 Å². The maximum Gasteiger partial charge on any atom is 0.331 e. The van der Waals surface area contributed by atoms with Crippen molar-refractivity contribution in [3.63, 3.8) is 0 Å². The van der Waals surface area contributed by atoms with Crippen LogP contribution in [-0.4, -0.2) is 42.8 Å². The molecule has 3 rings (SSSR count). The highest BCUT2D eigenvalue weighted by atomic mass is 16.5. The molecule has 3 fully saturated rings. The van der Waals surface area contributed by atoms with Gasteiger partial charge in [-0.05, 0) is 81.1 Å². The van der Waals surface area contributed by atoms with Gasteiger partial charge in [0.1, 0.15) is 11.5 Å². The van der Waals surface area contributed by atoms with Crippen LogP contribution in [0.5, 0.6) is 0 Å². The number of hydrogen-bond acceptors (Lipinski definition) is 5. The number of aliphatic hydroxyl groups excluding tert-OH is 1. The Bertz CT molecular complexity index is 858. The minimum Gasteiger partial charge on any atom is -0.467 e. The monoisotopic (exact) mass is 486 g/mol. The van der Waals surface area contributed by atoms with Gasteiger partial charge >= 0.3 is 5.97 Å². The SMILES string of the molecule is COC(=O)[C@@]1(NC(=O)C(C#CC(C)C)C2(/C=C/C(C)C[C@H]3CC3C)CC2CCO)CC1CCCN. The van der Waals surface area contributed by atoms with Crippen LogP contribution in [-0.2, 0) is 14.3 Å². The van der Waals surface area contributed by atoms with E-state index in [1.807, 2.05) is 13.8 Å². The average Bonchev–Trinajstić information content (AvgIpc) is 3.75. The molecule has 1 amide bonds. The van der Waals surface area contributed by atoms with E-state index in [0.717, 1.165) is 31.1 Å². The fourth-order valence-electron chi connectivity index (χ4n) is 5.84. The van der Waals surface area contributed by atoms with Crippen molar-refractivity contribution in [3.05, 3.63) is 12.2 Å². The average molecular weight is 487 g/mol. The van der Waals surface area contributed by atoms with Crippen LogP contribution in [0.4, 0.5) is 0 Å². The molecule has 0 aromatic heterocycles. The molecular weight excluding hydrogens is 440 g/mol. The quantitative estimate of drug-likeness (QED) is 0.209. The number of hydrogen-bond donors (Lipinski definition) is 3. The van der Waals surface area contributed by atoms with Crippen LogP contribution in [0, 0.1) is 58.7 Å². The fourth-order valence-corrected chi connectivity index (χ4v) is 5.84. The molecular formula is C29H46N2O4. The van der Waals surface area contributed by atoms with Gasteiger partial charge in [-0.2, -0.15) is 0 Å². The van der Waals surface area contributed by atoms with Crippen molar-refractivity contribution in [2.24, 2.45) is 52.6 Å². The number of carbonyl (C=O) groups is 2. The summed E-state index contributed by atoms with van der Waals surface area (Å²) in [5, 5.41) is 12.8. The first kappa shape index (κ1) is 27.7. The number of ether oxygens (including phenoxy) is 1. The minimum atomic E-state index is -0.972. The second-order valence-electron chi connectivity index (χ2n) is 11.7. The van der Waals surface area contributed by atoms with Gasteiger partial charge in [0.15, 0.2) is 0 Å². The van der Waals surface area contributed by atoms with Crippen molar-refractivity contribution in [1.82, 2.24) is 5.32 Å². The molecule has 8 atom stereocenters. The maximum atomic E-state index is 13.8. The predicted octanol–water partition coefficient (Wildman–Crippen LogP) is 3.68. The molecule has 3 saturated carbocycles. The first-order valence-electron chi connectivity index (χ1n) is 13.5. The number of allylic oxidation sites excluding steroid dienone is 2. The molecule has 0 spiro atoms. The summed E-state index contributed by atoms with van der Waals surface area (Å²) in [6, 6.07) is 0. The summed E-state index contributed by atoms with van der Waals surface area (Å²) in [7, 11) is 1.37. The standard InChI is InChI=1S/C29H46N2O4/c1-19(2)8-9-25(26(33)31-29(27(34)35-5)18-24(29)7-6-13-30)28(17-23(28)11-14-32)12-10-20(3)15-22-16-21(22)4/h10,12,19-25,32H,6-7,11,13-18,30H2,1-5H3,(H,31,33)/b12-10+/t20?,21?,22-,23?,24?,25?,28?,29+/m0/s1. The number of nitrogens with one attached hydrogen (secondary N) is 1. The molecule has 0 aliphatic heterocycles. The van der Waals surface area contributed by atoms with Crippen molar-refractivity contribution < 1.29 is 19.4 Å². The molecule has 0 aromatic carbocycles. The number of methoxy groups -OCH3 is 1. The first-order valence-corrected chi connectivity index (χ1v) is 13.5. The molecule has 3 aliphatic carbocycles. The van der Waals surface area contributed by atoms with Gasteiger partial charge in [-0.15, -0.1) is 0 Å². The molecule has 35 heavy (non-hydrogen) atoms. The van der Waals surface area contributed by atoms with Crippen molar-refractivity contribution in [2.75, 3.05) is 20.3 Å². The first-order chi connectivity index (χ1) is 16.6. The zero-order valence-corrected chi connectivity index (χ0v) is 22.3. The Morgan fingerprint density at radius 2 is 1.91 bits per heavy atom. The fraction of sp³-hybridized carbons (Fsp3) is 0.793. The van der Waals surface area contributed by atoms with Crippen molar-refractivity contribution in [3.8, 4) is 11.8 Å². The molecule has 0 aromatic rings. The Labute approximate surface area is 211 Å². The lowest BCUT2D eigenvalue weighted by atomic mass is 9.83. The van der Waals surface area contributed by atoms with Crippen molar-refractivity contribution >= 4 is 11.9 Å². The van der Waals surface area contributed by atoms with Gasteiger partial charge < -0.3 is 20.9 Å². The second kappa shape index (κ2) is 11.5. The summed E-state index contributed by atoms with van der Waals surface area (Å²) in [5.74, 6) is 7.79. The Balaban J connectivity index is 1.84. The van der Waals surface area contributed by atoms with Gasteiger partial charge in [-0.1, -0.05) is 51.7 Å². The number of aliphatic hydroxyl groups is 1. The molecule has 0 bridgehead atoms. The zero-order valence-electron chi connectivity index (χ0n) is 22.3. The third-order valence-corrected chi connectivity index (χ3v) is 8.44. The highest BCUT2D eigenvalue weighted by Crippen LogP contribution is 2.61. The minimum absolute atomic E-state index is 0.0423. The van der Waals surface area contributed by atoms with Gasteiger partial charge in [0, 0.05) is 17.9 Å². The normalized spacial score (nSPS) is 34.6. The van der Waals surface area contributed by atoms with Gasteiger partial charge in [0.05, 0.1) is 7.11 Å². The summed E-state index contributed by atoms with van der Waals surface area (Å²) in [5.41, 5.74) is 4.30. The van der Waals surface area contributed by atoms with E-state index in [1.165, 1.54) is 20.0 Å². The van der Waals surface area contributed by atoms with Crippen LogP contribution in [0.2, 0.25) is 0 Å². The number of nitrogens with two attached hydrogens (primary N) is 1. The van der Waals surface area contributed by atoms with Crippen LogP contribution in [0.3, 0.4) is 0 Å². The van der Waals surface area contributed by atoms with Crippen LogP contribution >= 0.6 is 0 Å². The zero-order chi connectivity index (χ0) is 25.8. The molecule has 0 radical (unpaired) electrons. The second-order valence-corrected chi connectivity index (χ2v) is 11.7. The number of amides is 1. The summed E-state index contributed by atoms with van der Waals surface area (Å²) < 4.78 is 5.09. The van der Waals surface area contributed by atoms with E-state index in [2.05, 4.69) is 43.2 Å². The van der Waals surface area contributed by atoms with Gasteiger partial charge in [0.25, 0.3) is 0 Å². The molecule has 196 valence electrons. The number of esters is 1. The summed E-state index contributed by atoms with van der Waals surface area (Å²) >= 11 is 0. The Hall–Kier alpha value is -1.84. The molecule has 6 heteroatoms. The summed E-state index contributed by atoms with van der Waals surface area (Å²) in [4.78, 5) is 26.5. The van der Waals surface area contributed by atoms with Crippen LogP contribution in [0.25, 0.3) is 0 Å². The highest BCUT2D eigenvalue weighted by Gasteiger charge is 2.64. The van der Waals surface area contributed by atoms with E-state index in [1.54, 1.807) is 0 Å². The topological polar surface area (TPSA) is 102 Å². The van der Waals surface area contributed by atoms with Gasteiger partial charge in [-0.25, -0.2) is 4.79 Å². The van der Waals surface area contributed by atoms with E-state index >= 15 is 0 Å². The largest absolute Gasteiger partial charge is 0.467 e. The summed E-state index contributed by atoms with van der Waals surface area (Å²) in [6.07, 6.45) is 10.6. The Kier molecular flexibility index (Phi) is 9.10. The van der Waals surface area contributed by atoms with Crippen molar-refractivity contribution in [2.45, 2.75) is 78.2 Å².